The van der Waals surface area contributed by atoms with Crippen LogP contribution in [0.25, 0.3) is 0 Å². The number of halogens is 2. The predicted octanol–water partition coefficient (Wildman–Crippen LogP) is 3.92. The van der Waals surface area contributed by atoms with Crippen LogP contribution in [0.2, 0.25) is 10.0 Å². The first-order valence-corrected chi connectivity index (χ1v) is 9.33. The maximum absolute atomic E-state index is 12.5. The van der Waals surface area contributed by atoms with Gasteiger partial charge in [0, 0.05) is 11.4 Å². The zero-order valence-corrected chi connectivity index (χ0v) is 15.6. The van der Waals surface area contributed by atoms with Crippen LogP contribution in [0.3, 0.4) is 0 Å². The first-order chi connectivity index (χ1) is 11.4. The zero-order chi connectivity index (χ0) is 17.7. The van der Waals surface area contributed by atoms with E-state index in [0.717, 1.165) is 11.5 Å². The van der Waals surface area contributed by atoms with Gasteiger partial charge in [0.15, 0.2) is 0 Å². The van der Waals surface area contributed by atoms with Gasteiger partial charge in [0.05, 0.1) is 21.7 Å². The quantitative estimate of drug-likeness (QED) is 0.572. The third kappa shape index (κ3) is 4.59. The third-order valence-corrected chi connectivity index (χ3v) is 5.03. The molecule has 0 saturated carbocycles. The molecular weight excluding hydrogens is 371 g/mol. The Labute approximate surface area is 155 Å². The summed E-state index contributed by atoms with van der Waals surface area (Å²) >= 11 is 13.7. The van der Waals surface area contributed by atoms with E-state index >= 15 is 0 Å². The van der Waals surface area contributed by atoms with Crippen molar-refractivity contribution in [2.45, 2.75) is 19.9 Å². The van der Waals surface area contributed by atoms with E-state index in [2.05, 4.69) is 10.6 Å². The van der Waals surface area contributed by atoms with Gasteiger partial charge < -0.3 is 15.4 Å². The zero-order valence-electron chi connectivity index (χ0n) is 13.3. The molecule has 2 rings (SSSR count). The molecule has 1 aliphatic rings. The molecule has 1 aromatic rings. The Kier molecular flexibility index (Phi) is 6.83. The number of benzene rings is 1. The SMILES string of the molecule is CCSCCOC(=O)C1=C(C)NC(=O)NC1c1ccc(Cl)c(Cl)c1. The molecule has 0 radical (unpaired) electrons. The van der Waals surface area contributed by atoms with Crippen LogP contribution in [0.1, 0.15) is 25.5 Å². The molecule has 1 aromatic carbocycles. The molecule has 1 aliphatic heterocycles. The van der Waals surface area contributed by atoms with E-state index in [0.29, 0.717) is 33.5 Å². The lowest BCUT2D eigenvalue weighted by molar-refractivity contribution is -0.138. The topological polar surface area (TPSA) is 67.4 Å². The standard InChI is InChI=1S/C16H18Cl2N2O3S/c1-3-24-7-6-23-15(21)13-9(2)19-16(22)20-14(13)10-4-5-11(17)12(18)8-10/h4-5,8,14H,3,6-7H2,1-2H3,(H2,19,20,22). The van der Waals surface area contributed by atoms with Gasteiger partial charge in [0.2, 0.25) is 0 Å². The summed E-state index contributed by atoms with van der Waals surface area (Å²) in [4.78, 5) is 24.3. The first kappa shape index (κ1) is 19.0. The molecule has 24 heavy (non-hydrogen) atoms. The molecule has 1 atom stereocenters. The molecule has 0 fully saturated rings. The van der Waals surface area contributed by atoms with Crippen LogP contribution in [-0.4, -0.2) is 30.1 Å². The van der Waals surface area contributed by atoms with E-state index in [9.17, 15) is 9.59 Å². The van der Waals surface area contributed by atoms with Crippen molar-refractivity contribution in [1.82, 2.24) is 10.6 Å². The Morgan fingerprint density at radius 2 is 2.08 bits per heavy atom. The molecule has 1 heterocycles. The lowest BCUT2D eigenvalue weighted by atomic mass is 9.95. The summed E-state index contributed by atoms with van der Waals surface area (Å²) < 4.78 is 5.33. The van der Waals surface area contributed by atoms with Crippen molar-refractivity contribution < 1.29 is 14.3 Å². The Balaban J connectivity index is 2.26. The van der Waals surface area contributed by atoms with Gasteiger partial charge in [-0.15, -0.1) is 0 Å². The number of allylic oxidation sites excluding steroid dienone is 1. The first-order valence-electron chi connectivity index (χ1n) is 7.42. The molecule has 0 aliphatic carbocycles. The third-order valence-electron chi connectivity index (χ3n) is 3.43. The molecule has 2 N–H and O–H groups in total. The van der Waals surface area contributed by atoms with Crippen molar-refractivity contribution in [3.05, 3.63) is 45.1 Å². The Hall–Kier alpha value is -1.37. The second-order valence-corrected chi connectivity index (χ2v) is 7.28. The number of hydrogen-bond donors (Lipinski definition) is 2. The monoisotopic (exact) mass is 388 g/mol. The number of nitrogens with one attached hydrogen (secondary N) is 2. The molecule has 130 valence electrons. The van der Waals surface area contributed by atoms with Crippen molar-refractivity contribution >= 4 is 47.0 Å². The second kappa shape index (κ2) is 8.65. The Bertz CT molecular complexity index is 679. The molecule has 0 spiro atoms. The van der Waals surface area contributed by atoms with Crippen LogP contribution in [0.15, 0.2) is 29.5 Å². The van der Waals surface area contributed by atoms with Crippen LogP contribution < -0.4 is 10.6 Å². The van der Waals surface area contributed by atoms with Crippen molar-refractivity contribution in [3.8, 4) is 0 Å². The normalized spacial score (nSPS) is 17.3. The smallest absolute Gasteiger partial charge is 0.338 e. The Morgan fingerprint density at radius 3 is 2.75 bits per heavy atom. The minimum atomic E-state index is -0.639. The maximum atomic E-state index is 12.5. The van der Waals surface area contributed by atoms with Gasteiger partial charge in [0.1, 0.15) is 6.61 Å². The number of carbonyl (C=O) groups is 2. The maximum Gasteiger partial charge on any atom is 0.338 e. The number of ether oxygens (including phenoxy) is 1. The van der Waals surface area contributed by atoms with Crippen molar-refractivity contribution in [2.24, 2.45) is 0 Å². The van der Waals surface area contributed by atoms with E-state index in [1.807, 2.05) is 6.92 Å². The van der Waals surface area contributed by atoms with Crippen LogP contribution in [0.5, 0.6) is 0 Å². The van der Waals surface area contributed by atoms with Gasteiger partial charge in [0.25, 0.3) is 0 Å². The number of urea groups is 1. The highest BCUT2D eigenvalue weighted by Crippen LogP contribution is 2.31. The van der Waals surface area contributed by atoms with E-state index < -0.39 is 12.0 Å². The summed E-state index contributed by atoms with van der Waals surface area (Å²) in [6.07, 6.45) is 0. The summed E-state index contributed by atoms with van der Waals surface area (Å²) in [7, 11) is 0. The highest BCUT2D eigenvalue weighted by Gasteiger charge is 2.32. The molecule has 1 unspecified atom stereocenters. The number of carbonyl (C=O) groups excluding carboxylic acids is 2. The molecule has 5 nitrogen and oxygen atoms in total. The van der Waals surface area contributed by atoms with Crippen LogP contribution in [-0.2, 0) is 9.53 Å². The Morgan fingerprint density at radius 1 is 1.33 bits per heavy atom. The van der Waals surface area contributed by atoms with Crippen LogP contribution >= 0.6 is 35.0 Å². The number of rotatable bonds is 6. The second-order valence-electron chi connectivity index (χ2n) is 5.08. The summed E-state index contributed by atoms with van der Waals surface area (Å²) in [5.41, 5.74) is 1.48. The van der Waals surface area contributed by atoms with E-state index in [-0.39, 0.29) is 6.03 Å². The summed E-state index contributed by atoms with van der Waals surface area (Å²) in [6.45, 7) is 4.02. The fourth-order valence-corrected chi connectivity index (χ4v) is 3.12. The van der Waals surface area contributed by atoms with Gasteiger partial charge >= 0.3 is 12.0 Å². The van der Waals surface area contributed by atoms with Crippen LogP contribution in [0, 0.1) is 0 Å². The van der Waals surface area contributed by atoms with Gasteiger partial charge in [-0.05, 0) is 30.4 Å². The van der Waals surface area contributed by atoms with E-state index in [4.69, 9.17) is 27.9 Å². The molecule has 8 heteroatoms. The van der Waals surface area contributed by atoms with Crippen molar-refractivity contribution in [2.75, 3.05) is 18.1 Å². The molecule has 0 bridgehead atoms. The number of esters is 1. The number of amides is 2. The van der Waals surface area contributed by atoms with E-state index in [1.54, 1.807) is 36.9 Å². The van der Waals surface area contributed by atoms with Gasteiger partial charge in [-0.1, -0.05) is 36.2 Å². The lowest BCUT2D eigenvalue weighted by Crippen LogP contribution is -2.45. The lowest BCUT2D eigenvalue weighted by Gasteiger charge is -2.28. The molecular formula is C16H18Cl2N2O3S. The average Bonchev–Trinajstić information content (AvgIpc) is 2.53. The fraction of sp³-hybridized carbons (Fsp3) is 0.375. The summed E-state index contributed by atoms with van der Waals surface area (Å²) in [5.74, 6) is 1.22. The number of thioether (sulfide) groups is 1. The van der Waals surface area contributed by atoms with E-state index in [1.165, 1.54) is 0 Å². The number of hydrogen-bond acceptors (Lipinski definition) is 4. The average molecular weight is 389 g/mol. The minimum absolute atomic E-state index is 0.316. The fourth-order valence-electron chi connectivity index (χ4n) is 2.32. The van der Waals surface area contributed by atoms with Gasteiger partial charge in [-0.3, -0.25) is 0 Å². The largest absolute Gasteiger partial charge is 0.461 e. The van der Waals surface area contributed by atoms with Gasteiger partial charge in [-0.2, -0.15) is 11.8 Å². The minimum Gasteiger partial charge on any atom is -0.461 e. The molecule has 2 amide bonds. The summed E-state index contributed by atoms with van der Waals surface area (Å²) in [6, 6.07) is 3.95. The van der Waals surface area contributed by atoms with Gasteiger partial charge in [-0.25, -0.2) is 9.59 Å². The highest BCUT2D eigenvalue weighted by atomic mass is 35.5. The predicted molar refractivity (Wildman–Crippen MR) is 97.5 cm³/mol. The van der Waals surface area contributed by atoms with Crippen molar-refractivity contribution in [3.63, 3.8) is 0 Å². The van der Waals surface area contributed by atoms with Crippen LogP contribution in [0.4, 0.5) is 4.79 Å². The highest BCUT2D eigenvalue weighted by molar-refractivity contribution is 7.99. The summed E-state index contributed by atoms with van der Waals surface area (Å²) in [5, 5.41) is 6.09. The molecule has 0 saturated heterocycles. The molecule has 0 aromatic heterocycles. The van der Waals surface area contributed by atoms with Crippen molar-refractivity contribution in [1.29, 1.82) is 0 Å².